The van der Waals surface area contributed by atoms with Gasteiger partial charge in [-0.3, -0.25) is 9.59 Å². The number of hydrogen-bond acceptors (Lipinski definition) is 3. The SMILES string of the molecule is O=C(N[C@H]1C[C@@H]2C(=O)Nc3ccccc3N2C1)c1ccccc1C(F)(F)F. The Bertz CT molecular complexity index is 913. The number of amides is 2. The van der Waals surface area contributed by atoms with E-state index in [4.69, 9.17) is 0 Å². The van der Waals surface area contributed by atoms with E-state index in [0.29, 0.717) is 18.7 Å². The molecule has 140 valence electrons. The predicted octanol–water partition coefficient (Wildman–Crippen LogP) is 3.03. The van der Waals surface area contributed by atoms with Crippen LogP contribution < -0.4 is 15.5 Å². The molecule has 0 radical (unpaired) electrons. The van der Waals surface area contributed by atoms with Crippen molar-refractivity contribution in [2.75, 3.05) is 16.8 Å². The summed E-state index contributed by atoms with van der Waals surface area (Å²) in [6.45, 7) is 0.356. The largest absolute Gasteiger partial charge is 0.417 e. The minimum absolute atomic E-state index is 0.179. The molecule has 2 amide bonds. The second-order valence-corrected chi connectivity index (χ2v) is 6.62. The zero-order valence-corrected chi connectivity index (χ0v) is 14.1. The summed E-state index contributed by atoms with van der Waals surface area (Å²) in [6.07, 6.45) is -4.28. The fraction of sp³-hybridized carbons (Fsp3) is 0.263. The first kappa shape index (κ1) is 17.4. The average molecular weight is 375 g/mol. The number of para-hydroxylation sites is 2. The molecule has 0 spiro atoms. The highest BCUT2D eigenvalue weighted by molar-refractivity contribution is 6.04. The van der Waals surface area contributed by atoms with Gasteiger partial charge in [-0.1, -0.05) is 24.3 Å². The summed E-state index contributed by atoms with van der Waals surface area (Å²) in [6, 6.07) is 11.1. The number of nitrogens with zero attached hydrogens (tertiary/aromatic N) is 1. The maximum atomic E-state index is 13.1. The molecule has 2 aliphatic heterocycles. The van der Waals surface area contributed by atoms with Crippen LogP contribution in [0.25, 0.3) is 0 Å². The molecule has 8 heteroatoms. The molecule has 0 aromatic heterocycles. The summed E-state index contributed by atoms with van der Waals surface area (Å²) in [4.78, 5) is 26.7. The lowest BCUT2D eigenvalue weighted by Gasteiger charge is -2.32. The van der Waals surface area contributed by atoms with Gasteiger partial charge in [0.2, 0.25) is 5.91 Å². The van der Waals surface area contributed by atoms with Crippen LogP contribution in [0.4, 0.5) is 24.5 Å². The third kappa shape index (κ3) is 3.11. The van der Waals surface area contributed by atoms with Gasteiger partial charge in [-0.2, -0.15) is 13.2 Å². The Hall–Kier alpha value is -3.03. The number of halogens is 3. The molecule has 27 heavy (non-hydrogen) atoms. The van der Waals surface area contributed by atoms with Crippen molar-refractivity contribution in [3.05, 3.63) is 59.7 Å². The Morgan fingerprint density at radius 2 is 1.81 bits per heavy atom. The van der Waals surface area contributed by atoms with Gasteiger partial charge in [-0.05, 0) is 30.7 Å². The lowest BCUT2D eigenvalue weighted by Crippen LogP contribution is -2.44. The first-order valence-corrected chi connectivity index (χ1v) is 8.48. The molecule has 5 nitrogen and oxygen atoms in total. The average Bonchev–Trinajstić information content (AvgIpc) is 3.06. The minimum Gasteiger partial charge on any atom is -0.356 e. The van der Waals surface area contributed by atoms with Crippen molar-refractivity contribution >= 4 is 23.2 Å². The van der Waals surface area contributed by atoms with Crippen molar-refractivity contribution < 1.29 is 22.8 Å². The van der Waals surface area contributed by atoms with Crippen molar-refractivity contribution in [2.45, 2.75) is 24.7 Å². The normalized spacial score (nSPS) is 21.3. The van der Waals surface area contributed by atoms with Crippen LogP contribution in [-0.2, 0) is 11.0 Å². The number of nitrogens with one attached hydrogen (secondary N) is 2. The van der Waals surface area contributed by atoms with Crippen LogP contribution in [0.3, 0.4) is 0 Å². The molecule has 2 N–H and O–H groups in total. The second kappa shape index (κ2) is 6.29. The number of fused-ring (bicyclic) bond motifs is 3. The molecule has 4 rings (SSSR count). The van der Waals surface area contributed by atoms with E-state index in [0.717, 1.165) is 17.8 Å². The van der Waals surface area contributed by atoms with Gasteiger partial charge in [-0.25, -0.2) is 0 Å². The highest BCUT2D eigenvalue weighted by Crippen LogP contribution is 2.37. The molecular formula is C19H16F3N3O2. The van der Waals surface area contributed by atoms with E-state index >= 15 is 0 Å². The molecule has 2 aromatic rings. The molecule has 0 unspecified atom stereocenters. The van der Waals surface area contributed by atoms with Crippen LogP contribution in [0.5, 0.6) is 0 Å². The molecule has 2 atom stereocenters. The number of anilines is 2. The van der Waals surface area contributed by atoms with Crippen LogP contribution in [0.2, 0.25) is 0 Å². The van der Waals surface area contributed by atoms with Crippen molar-refractivity contribution in [3.8, 4) is 0 Å². The molecule has 2 aliphatic rings. The Labute approximate surface area is 153 Å². The van der Waals surface area contributed by atoms with Gasteiger partial charge in [0.1, 0.15) is 6.04 Å². The number of rotatable bonds is 2. The Balaban J connectivity index is 1.55. The first-order valence-electron chi connectivity index (χ1n) is 8.48. The van der Waals surface area contributed by atoms with Crippen LogP contribution in [0, 0.1) is 0 Å². The maximum absolute atomic E-state index is 13.1. The standard InChI is InChI=1S/C19H16F3N3O2/c20-19(21,22)13-6-2-1-5-12(13)17(26)23-11-9-16-18(27)24-14-7-3-4-8-15(14)25(16)10-11/h1-8,11,16H,9-10H2,(H,23,26)(H,24,27)/t11-,16+/m0/s1. The van der Waals surface area contributed by atoms with E-state index in [9.17, 15) is 22.8 Å². The highest BCUT2D eigenvalue weighted by Gasteiger charge is 2.42. The summed E-state index contributed by atoms with van der Waals surface area (Å²) in [7, 11) is 0. The van der Waals surface area contributed by atoms with Crippen molar-refractivity contribution in [3.63, 3.8) is 0 Å². The number of hydrogen-bond donors (Lipinski definition) is 2. The second-order valence-electron chi connectivity index (χ2n) is 6.62. The van der Waals surface area contributed by atoms with Gasteiger partial charge in [0.25, 0.3) is 5.91 Å². The van der Waals surface area contributed by atoms with Gasteiger partial charge >= 0.3 is 6.18 Å². The Kier molecular flexibility index (Phi) is 4.05. The van der Waals surface area contributed by atoms with Gasteiger partial charge in [0.05, 0.1) is 22.5 Å². The summed E-state index contributed by atoms with van der Waals surface area (Å²) < 4.78 is 39.4. The monoisotopic (exact) mass is 375 g/mol. The molecule has 2 aromatic carbocycles. The van der Waals surface area contributed by atoms with Gasteiger partial charge in [0.15, 0.2) is 0 Å². The highest BCUT2D eigenvalue weighted by atomic mass is 19.4. The minimum atomic E-state index is -4.61. The Morgan fingerprint density at radius 3 is 2.59 bits per heavy atom. The third-order valence-electron chi connectivity index (χ3n) is 4.89. The zero-order chi connectivity index (χ0) is 19.2. The van der Waals surface area contributed by atoms with E-state index in [2.05, 4.69) is 10.6 Å². The molecular weight excluding hydrogens is 359 g/mol. The van der Waals surface area contributed by atoms with Crippen LogP contribution in [-0.4, -0.2) is 30.4 Å². The van der Waals surface area contributed by atoms with E-state index in [-0.39, 0.29) is 5.91 Å². The maximum Gasteiger partial charge on any atom is 0.417 e. The van der Waals surface area contributed by atoms with Crippen LogP contribution in [0.1, 0.15) is 22.3 Å². The van der Waals surface area contributed by atoms with Crippen molar-refractivity contribution in [1.29, 1.82) is 0 Å². The van der Waals surface area contributed by atoms with Crippen molar-refractivity contribution in [2.24, 2.45) is 0 Å². The fourth-order valence-electron chi connectivity index (χ4n) is 3.69. The lowest BCUT2D eigenvalue weighted by atomic mass is 10.1. The molecule has 1 fully saturated rings. The topological polar surface area (TPSA) is 61.4 Å². The van der Waals surface area contributed by atoms with Crippen LogP contribution >= 0.6 is 0 Å². The summed E-state index contributed by atoms with van der Waals surface area (Å²) in [5, 5.41) is 5.48. The summed E-state index contributed by atoms with van der Waals surface area (Å²) in [5.41, 5.74) is 0.142. The molecule has 1 saturated heterocycles. The fourth-order valence-corrected chi connectivity index (χ4v) is 3.69. The van der Waals surface area contributed by atoms with E-state index < -0.39 is 35.3 Å². The van der Waals surface area contributed by atoms with Gasteiger partial charge in [0, 0.05) is 12.6 Å². The number of carbonyl (C=O) groups excluding carboxylic acids is 2. The lowest BCUT2D eigenvalue weighted by molar-refractivity contribution is -0.138. The quantitative estimate of drug-likeness (QED) is 0.848. The first-order chi connectivity index (χ1) is 12.8. The van der Waals surface area contributed by atoms with Crippen molar-refractivity contribution in [1.82, 2.24) is 5.32 Å². The van der Waals surface area contributed by atoms with E-state index in [1.165, 1.54) is 12.1 Å². The summed E-state index contributed by atoms with van der Waals surface area (Å²) in [5.74, 6) is -0.970. The number of benzene rings is 2. The van der Waals surface area contributed by atoms with Gasteiger partial charge < -0.3 is 15.5 Å². The smallest absolute Gasteiger partial charge is 0.356 e. The molecule has 0 saturated carbocycles. The number of alkyl halides is 3. The van der Waals surface area contributed by atoms with Gasteiger partial charge in [-0.15, -0.1) is 0 Å². The number of carbonyl (C=O) groups is 2. The van der Waals surface area contributed by atoms with Crippen LogP contribution in [0.15, 0.2) is 48.5 Å². The molecule has 0 aliphatic carbocycles. The van der Waals surface area contributed by atoms with E-state index in [1.807, 2.05) is 23.1 Å². The van der Waals surface area contributed by atoms with E-state index in [1.54, 1.807) is 6.07 Å². The zero-order valence-electron chi connectivity index (χ0n) is 14.1. The third-order valence-corrected chi connectivity index (χ3v) is 4.89. The predicted molar refractivity (Wildman–Crippen MR) is 93.5 cm³/mol. The molecule has 0 bridgehead atoms. The molecule has 2 heterocycles. The Morgan fingerprint density at radius 1 is 1.11 bits per heavy atom. The summed E-state index contributed by atoms with van der Waals surface area (Å²) >= 11 is 0.